The van der Waals surface area contributed by atoms with Gasteiger partial charge in [-0.15, -0.1) is 0 Å². The van der Waals surface area contributed by atoms with Gasteiger partial charge < -0.3 is 25.2 Å². The molecule has 3 rings (SSSR count). The van der Waals surface area contributed by atoms with Crippen molar-refractivity contribution in [3.05, 3.63) is 65.7 Å². The molecule has 3 N–H and O–H groups in total. The van der Waals surface area contributed by atoms with Gasteiger partial charge in [-0.1, -0.05) is 48.5 Å². The van der Waals surface area contributed by atoms with Gasteiger partial charge in [-0.3, -0.25) is 4.99 Å². The molecule has 0 spiro atoms. The van der Waals surface area contributed by atoms with Gasteiger partial charge in [0, 0.05) is 13.0 Å². The second-order valence-corrected chi connectivity index (χ2v) is 6.81. The zero-order valence-electron chi connectivity index (χ0n) is 16.3. The fourth-order valence-electron chi connectivity index (χ4n) is 3.06. The number of para-hydroxylation sites is 1. The lowest BCUT2D eigenvalue weighted by atomic mass is 10.1. The maximum Gasteiger partial charge on any atom is 0.191 e. The second kappa shape index (κ2) is 10.7. The van der Waals surface area contributed by atoms with E-state index in [9.17, 15) is 5.11 Å². The summed E-state index contributed by atoms with van der Waals surface area (Å²) in [6.45, 7) is 4.42. The summed E-state index contributed by atoms with van der Waals surface area (Å²) in [4.78, 5) is 4.46. The number of rotatable bonds is 9. The third-order valence-electron chi connectivity index (χ3n) is 4.44. The van der Waals surface area contributed by atoms with Crippen LogP contribution in [-0.4, -0.2) is 49.5 Å². The van der Waals surface area contributed by atoms with Crippen molar-refractivity contribution in [1.82, 2.24) is 10.6 Å². The van der Waals surface area contributed by atoms with Crippen LogP contribution < -0.4 is 15.4 Å². The maximum absolute atomic E-state index is 10.1. The number of aliphatic imine (C=N–C) groups is 1. The third-order valence-corrected chi connectivity index (χ3v) is 4.44. The van der Waals surface area contributed by atoms with Gasteiger partial charge in [0.1, 0.15) is 11.9 Å². The molecule has 2 aromatic carbocycles. The first-order chi connectivity index (χ1) is 13.7. The number of hydrogen-bond donors (Lipinski definition) is 3. The van der Waals surface area contributed by atoms with E-state index >= 15 is 0 Å². The lowest BCUT2D eigenvalue weighted by Gasteiger charge is -2.16. The topological polar surface area (TPSA) is 75.1 Å². The van der Waals surface area contributed by atoms with Crippen LogP contribution >= 0.6 is 0 Å². The quantitative estimate of drug-likeness (QED) is 0.457. The third kappa shape index (κ3) is 6.25. The fourth-order valence-corrected chi connectivity index (χ4v) is 3.06. The highest BCUT2D eigenvalue weighted by Gasteiger charge is 2.22. The molecule has 0 saturated carbocycles. The molecule has 2 atom stereocenters. The minimum Gasteiger partial charge on any atom is -0.488 e. The molecule has 1 heterocycles. The summed E-state index contributed by atoms with van der Waals surface area (Å²) in [5.74, 6) is 1.63. The average Bonchev–Trinajstić information content (AvgIpc) is 3.14. The summed E-state index contributed by atoms with van der Waals surface area (Å²) < 4.78 is 11.5. The zero-order valence-corrected chi connectivity index (χ0v) is 16.3. The molecule has 28 heavy (non-hydrogen) atoms. The van der Waals surface area contributed by atoms with Crippen molar-refractivity contribution in [2.24, 2.45) is 4.99 Å². The van der Waals surface area contributed by atoms with Gasteiger partial charge in [0.05, 0.1) is 32.4 Å². The molecule has 0 bridgehead atoms. The second-order valence-electron chi connectivity index (χ2n) is 6.81. The Morgan fingerprint density at radius 3 is 2.75 bits per heavy atom. The van der Waals surface area contributed by atoms with Crippen molar-refractivity contribution in [3.8, 4) is 5.75 Å². The fraction of sp³-hybridized carbons (Fsp3) is 0.409. The Hall–Kier alpha value is -2.57. The van der Waals surface area contributed by atoms with Crippen LogP contribution in [0.1, 0.15) is 18.1 Å². The van der Waals surface area contributed by atoms with Gasteiger partial charge >= 0.3 is 0 Å². The number of benzene rings is 2. The molecule has 1 aliphatic heterocycles. The highest BCUT2D eigenvalue weighted by molar-refractivity contribution is 5.79. The number of fused-ring (bicyclic) bond motifs is 1. The van der Waals surface area contributed by atoms with E-state index in [-0.39, 0.29) is 19.3 Å². The summed E-state index contributed by atoms with van der Waals surface area (Å²) in [6.07, 6.45) is 0.324. The Balaban J connectivity index is 1.39. The van der Waals surface area contributed by atoms with Gasteiger partial charge in [-0.25, -0.2) is 0 Å². The van der Waals surface area contributed by atoms with Crippen molar-refractivity contribution in [2.45, 2.75) is 32.2 Å². The lowest BCUT2D eigenvalue weighted by molar-refractivity contribution is 0.0331. The van der Waals surface area contributed by atoms with E-state index in [4.69, 9.17) is 9.47 Å². The van der Waals surface area contributed by atoms with Gasteiger partial charge in [-0.2, -0.15) is 0 Å². The van der Waals surface area contributed by atoms with E-state index in [1.165, 1.54) is 5.56 Å². The van der Waals surface area contributed by atoms with E-state index in [1.54, 1.807) is 0 Å². The molecular formula is C22H29N3O3. The number of ether oxygens (including phenoxy) is 2. The van der Waals surface area contributed by atoms with E-state index < -0.39 is 6.10 Å². The minimum atomic E-state index is -0.647. The van der Waals surface area contributed by atoms with E-state index in [2.05, 4.69) is 21.7 Å². The van der Waals surface area contributed by atoms with Gasteiger partial charge in [0.25, 0.3) is 0 Å². The molecule has 6 nitrogen and oxygen atoms in total. The molecule has 0 saturated heterocycles. The summed E-state index contributed by atoms with van der Waals surface area (Å²) in [6, 6.07) is 18.0. The molecule has 0 radical (unpaired) electrons. The molecular weight excluding hydrogens is 354 g/mol. The van der Waals surface area contributed by atoms with Gasteiger partial charge in [0.2, 0.25) is 0 Å². The Morgan fingerprint density at radius 1 is 1.18 bits per heavy atom. The van der Waals surface area contributed by atoms with Crippen LogP contribution in [0.5, 0.6) is 5.75 Å². The number of aliphatic hydroxyl groups is 1. The smallest absolute Gasteiger partial charge is 0.191 e. The average molecular weight is 383 g/mol. The number of hydrogen-bond acceptors (Lipinski definition) is 4. The lowest BCUT2D eigenvalue weighted by Crippen LogP contribution is -2.42. The Kier molecular flexibility index (Phi) is 7.70. The predicted octanol–water partition coefficient (Wildman–Crippen LogP) is 2.12. The highest BCUT2D eigenvalue weighted by atomic mass is 16.5. The van der Waals surface area contributed by atoms with Crippen molar-refractivity contribution in [3.63, 3.8) is 0 Å². The number of guanidine groups is 1. The molecule has 2 aromatic rings. The van der Waals surface area contributed by atoms with Crippen LogP contribution in [0, 0.1) is 0 Å². The standard InChI is InChI=1S/C22H29N3O3/c1-2-23-22(25-14-20-12-18-10-6-7-11-21(18)28-20)24-13-19(26)16-27-15-17-8-4-3-5-9-17/h3-11,19-20,26H,2,12-16H2,1H3,(H2,23,24,25). The first-order valence-corrected chi connectivity index (χ1v) is 9.81. The van der Waals surface area contributed by atoms with Crippen molar-refractivity contribution < 1.29 is 14.6 Å². The molecule has 0 aromatic heterocycles. The minimum absolute atomic E-state index is 0.0837. The molecule has 1 aliphatic rings. The number of aliphatic hydroxyl groups excluding tert-OH is 1. The summed E-state index contributed by atoms with van der Waals surface area (Å²) in [5.41, 5.74) is 2.33. The number of nitrogens with one attached hydrogen (secondary N) is 2. The SMILES string of the molecule is CCNC(=NCC(O)COCc1ccccc1)NCC1Cc2ccccc2O1. The van der Waals surface area contributed by atoms with E-state index in [0.717, 1.165) is 24.3 Å². The van der Waals surface area contributed by atoms with Gasteiger partial charge in [0.15, 0.2) is 5.96 Å². The molecule has 0 aliphatic carbocycles. The molecule has 2 unspecified atom stereocenters. The van der Waals surface area contributed by atoms with Crippen LogP contribution in [0.25, 0.3) is 0 Å². The van der Waals surface area contributed by atoms with E-state index in [1.807, 2.05) is 55.5 Å². The van der Waals surface area contributed by atoms with Crippen LogP contribution in [0.15, 0.2) is 59.6 Å². The summed E-state index contributed by atoms with van der Waals surface area (Å²) in [7, 11) is 0. The molecule has 0 fully saturated rings. The summed E-state index contributed by atoms with van der Waals surface area (Å²) >= 11 is 0. The first-order valence-electron chi connectivity index (χ1n) is 9.81. The molecule has 150 valence electrons. The van der Waals surface area contributed by atoms with Crippen molar-refractivity contribution >= 4 is 5.96 Å². The maximum atomic E-state index is 10.1. The Morgan fingerprint density at radius 2 is 1.96 bits per heavy atom. The van der Waals surface area contributed by atoms with Crippen molar-refractivity contribution in [1.29, 1.82) is 0 Å². The molecule has 6 heteroatoms. The van der Waals surface area contributed by atoms with Crippen LogP contribution in [0.4, 0.5) is 0 Å². The van der Waals surface area contributed by atoms with Crippen LogP contribution in [0.2, 0.25) is 0 Å². The van der Waals surface area contributed by atoms with Gasteiger partial charge in [-0.05, 0) is 24.1 Å². The van der Waals surface area contributed by atoms with Crippen LogP contribution in [-0.2, 0) is 17.8 Å². The Bertz CT molecular complexity index is 727. The first kappa shape index (κ1) is 20.2. The predicted molar refractivity (Wildman–Crippen MR) is 111 cm³/mol. The summed E-state index contributed by atoms with van der Waals surface area (Å²) in [5, 5.41) is 16.6. The van der Waals surface area contributed by atoms with Crippen molar-refractivity contribution in [2.75, 3.05) is 26.2 Å². The largest absolute Gasteiger partial charge is 0.488 e. The monoisotopic (exact) mass is 383 g/mol. The Labute approximate surface area is 166 Å². The van der Waals surface area contributed by atoms with Crippen LogP contribution in [0.3, 0.4) is 0 Å². The molecule has 0 amide bonds. The highest BCUT2D eigenvalue weighted by Crippen LogP contribution is 2.27. The number of nitrogens with zero attached hydrogens (tertiary/aromatic N) is 1. The normalized spacial score (nSPS) is 16.9. The zero-order chi connectivity index (χ0) is 19.6. The van der Waals surface area contributed by atoms with E-state index in [0.29, 0.717) is 19.1 Å².